The van der Waals surface area contributed by atoms with Crippen molar-refractivity contribution in [1.29, 1.82) is 0 Å². The maximum absolute atomic E-state index is 11.9. The van der Waals surface area contributed by atoms with Crippen LogP contribution in [0.5, 0.6) is 0 Å². The van der Waals surface area contributed by atoms with E-state index in [1.165, 1.54) is 0 Å². The highest BCUT2D eigenvalue weighted by molar-refractivity contribution is 6.35. The third-order valence-corrected chi connectivity index (χ3v) is 2.98. The van der Waals surface area contributed by atoms with Gasteiger partial charge in [0.15, 0.2) is 12.4 Å². The first-order valence-corrected chi connectivity index (χ1v) is 6.10. The van der Waals surface area contributed by atoms with Gasteiger partial charge in [0.2, 0.25) is 0 Å². The Hall–Kier alpha value is -1.58. The number of carbonyl (C=O) groups is 1. The van der Waals surface area contributed by atoms with Gasteiger partial charge >= 0.3 is 0 Å². The summed E-state index contributed by atoms with van der Waals surface area (Å²) >= 11 is 11.8. The minimum Gasteiger partial charge on any atom is -0.348 e. The normalized spacial score (nSPS) is 10.1. The van der Waals surface area contributed by atoms with Gasteiger partial charge in [0, 0.05) is 23.7 Å². The fourth-order valence-corrected chi connectivity index (χ4v) is 1.86. The van der Waals surface area contributed by atoms with E-state index in [2.05, 4.69) is 10.3 Å². The van der Waals surface area contributed by atoms with Crippen LogP contribution < -0.4 is 10.3 Å². The molecule has 2 aromatic rings. The monoisotopic (exact) mass is 281 g/mol. The zero-order valence-corrected chi connectivity index (χ0v) is 10.9. The van der Waals surface area contributed by atoms with Gasteiger partial charge in [-0.15, -0.1) is 0 Å². The molecule has 1 aromatic carbocycles. The molecule has 0 fully saturated rings. The molecule has 0 aliphatic carbocycles. The van der Waals surface area contributed by atoms with Gasteiger partial charge in [-0.1, -0.05) is 23.2 Å². The molecule has 92 valence electrons. The third-order valence-electron chi connectivity index (χ3n) is 2.41. The van der Waals surface area contributed by atoms with Crippen LogP contribution in [0.2, 0.25) is 10.0 Å². The molecule has 5 heteroatoms. The molecule has 3 nitrogen and oxygen atoms in total. The number of carbonyl (C=O) groups excluding carboxylic acids is 1. The fourth-order valence-electron chi connectivity index (χ4n) is 1.49. The number of benzene rings is 1. The summed E-state index contributed by atoms with van der Waals surface area (Å²) < 4.78 is 0. The zero-order chi connectivity index (χ0) is 13.0. The van der Waals surface area contributed by atoms with Crippen molar-refractivity contribution in [2.75, 3.05) is 0 Å². The van der Waals surface area contributed by atoms with Crippen molar-refractivity contribution >= 4 is 29.1 Å². The maximum Gasteiger partial charge on any atom is 0.253 e. The maximum atomic E-state index is 11.9. The van der Waals surface area contributed by atoms with E-state index in [9.17, 15) is 4.79 Å². The van der Waals surface area contributed by atoms with E-state index >= 15 is 0 Å². The lowest BCUT2D eigenvalue weighted by atomic mass is 10.2. The zero-order valence-electron chi connectivity index (χ0n) is 9.41. The first-order chi connectivity index (χ1) is 8.66. The van der Waals surface area contributed by atoms with E-state index in [1.807, 2.05) is 12.1 Å². The molecular weight excluding hydrogens is 271 g/mol. The van der Waals surface area contributed by atoms with Crippen LogP contribution in [0.3, 0.4) is 0 Å². The number of amides is 1. The average Bonchev–Trinajstić information content (AvgIpc) is 2.40. The molecule has 0 unspecified atom stereocenters. The molecule has 18 heavy (non-hydrogen) atoms. The summed E-state index contributed by atoms with van der Waals surface area (Å²) in [6, 6.07) is 8.59. The molecular formula is C13H11Cl2N2O+. The minimum atomic E-state index is -0.240. The van der Waals surface area contributed by atoms with E-state index in [-0.39, 0.29) is 5.91 Å². The molecule has 2 rings (SSSR count). The molecule has 0 saturated carbocycles. The van der Waals surface area contributed by atoms with Crippen LogP contribution in [-0.2, 0) is 6.54 Å². The van der Waals surface area contributed by atoms with Gasteiger partial charge in [0.05, 0.1) is 10.6 Å². The molecule has 0 aliphatic rings. The fraction of sp³-hybridized carbons (Fsp3) is 0.0769. The van der Waals surface area contributed by atoms with Crippen molar-refractivity contribution in [3.05, 3.63) is 63.9 Å². The van der Waals surface area contributed by atoms with Crippen LogP contribution in [0.4, 0.5) is 0 Å². The van der Waals surface area contributed by atoms with Crippen LogP contribution in [0.1, 0.15) is 15.9 Å². The van der Waals surface area contributed by atoms with Gasteiger partial charge in [-0.2, -0.15) is 0 Å². The number of rotatable bonds is 3. The Labute approximate surface area is 115 Å². The van der Waals surface area contributed by atoms with Gasteiger partial charge in [-0.25, -0.2) is 4.98 Å². The second-order valence-corrected chi connectivity index (χ2v) is 4.56. The number of pyridine rings is 1. The quantitative estimate of drug-likeness (QED) is 0.924. The average molecular weight is 282 g/mol. The first-order valence-electron chi connectivity index (χ1n) is 5.35. The van der Waals surface area contributed by atoms with Crippen molar-refractivity contribution < 1.29 is 9.78 Å². The Balaban J connectivity index is 2.06. The summed E-state index contributed by atoms with van der Waals surface area (Å²) in [5.41, 5.74) is 1.38. The first kappa shape index (κ1) is 12.9. The van der Waals surface area contributed by atoms with Crippen molar-refractivity contribution in [2.45, 2.75) is 6.54 Å². The number of aromatic amines is 1. The number of hydrogen-bond donors (Lipinski definition) is 1. The van der Waals surface area contributed by atoms with Gasteiger partial charge in [0.25, 0.3) is 5.91 Å². The third kappa shape index (κ3) is 3.22. The van der Waals surface area contributed by atoms with E-state index in [4.69, 9.17) is 23.2 Å². The van der Waals surface area contributed by atoms with Gasteiger partial charge in [-0.3, -0.25) is 4.79 Å². The van der Waals surface area contributed by atoms with Crippen LogP contribution >= 0.6 is 23.2 Å². The van der Waals surface area contributed by atoms with Crippen LogP contribution in [0, 0.1) is 0 Å². The topological polar surface area (TPSA) is 43.2 Å². The SMILES string of the molecule is O=C(NCc1cc[nH+]cc1)c1cc(Cl)ccc1Cl. The Morgan fingerprint density at radius 2 is 1.89 bits per heavy atom. The van der Waals surface area contributed by atoms with E-state index in [1.54, 1.807) is 30.6 Å². The Morgan fingerprint density at radius 1 is 1.17 bits per heavy atom. The summed E-state index contributed by atoms with van der Waals surface area (Å²) in [5, 5.41) is 3.66. The van der Waals surface area contributed by atoms with Crippen LogP contribution in [0.15, 0.2) is 42.7 Å². The van der Waals surface area contributed by atoms with Crippen LogP contribution in [0.25, 0.3) is 0 Å². The Bertz CT molecular complexity index is 558. The summed E-state index contributed by atoms with van der Waals surface area (Å²) in [7, 11) is 0. The van der Waals surface area contributed by atoms with Crippen LogP contribution in [-0.4, -0.2) is 5.91 Å². The van der Waals surface area contributed by atoms with E-state index in [0.29, 0.717) is 22.2 Å². The highest BCUT2D eigenvalue weighted by atomic mass is 35.5. The lowest BCUT2D eigenvalue weighted by Crippen LogP contribution is -2.23. The standard InChI is InChI=1S/C13H10Cl2N2O/c14-10-1-2-12(15)11(7-10)13(18)17-8-9-3-5-16-6-4-9/h1-7H,8H2,(H,17,18)/p+1. The second kappa shape index (κ2) is 5.85. The predicted molar refractivity (Wildman–Crippen MR) is 70.6 cm³/mol. The number of halogens is 2. The predicted octanol–water partition coefficient (Wildman–Crippen LogP) is 2.74. The molecule has 0 radical (unpaired) electrons. The highest BCUT2D eigenvalue weighted by Gasteiger charge is 2.10. The van der Waals surface area contributed by atoms with Crippen molar-refractivity contribution in [3.8, 4) is 0 Å². The molecule has 0 bridgehead atoms. The summed E-state index contributed by atoms with van der Waals surface area (Å²) in [4.78, 5) is 14.8. The van der Waals surface area contributed by atoms with Crippen molar-refractivity contribution in [2.24, 2.45) is 0 Å². The molecule has 2 N–H and O–H groups in total. The lowest BCUT2D eigenvalue weighted by Gasteiger charge is -2.06. The number of H-pyrrole nitrogens is 1. The van der Waals surface area contributed by atoms with Gasteiger partial charge in [0.1, 0.15) is 0 Å². The molecule has 0 atom stereocenters. The second-order valence-electron chi connectivity index (χ2n) is 3.72. The summed E-state index contributed by atoms with van der Waals surface area (Å²) in [6.45, 7) is 0.441. The summed E-state index contributed by atoms with van der Waals surface area (Å²) in [5.74, 6) is -0.240. The molecule has 1 aromatic heterocycles. The van der Waals surface area contributed by atoms with Crippen molar-refractivity contribution in [3.63, 3.8) is 0 Å². The van der Waals surface area contributed by atoms with E-state index < -0.39 is 0 Å². The number of aromatic nitrogens is 1. The van der Waals surface area contributed by atoms with Gasteiger partial charge < -0.3 is 5.32 Å². The largest absolute Gasteiger partial charge is 0.348 e. The number of nitrogens with one attached hydrogen (secondary N) is 2. The molecule has 0 spiro atoms. The molecule has 0 saturated heterocycles. The molecule has 1 heterocycles. The molecule has 0 aliphatic heterocycles. The van der Waals surface area contributed by atoms with E-state index in [0.717, 1.165) is 5.56 Å². The molecule has 1 amide bonds. The Morgan fingerprint density at radius 3 is 2.61 bits per heavy atom. The highest BCUT2D eigenvalue weighted by Crippen LogP contribution is 2.20. The summed E-state index contributed by atoms with van der Waals surface area (Å²) in [6.07, 6.45) is 3.60. The number of hydrogen-bond acceptors (Lipinski definition) is 1. The van der Waals surface area contributed by atoms with Crippen molar-refractivity contribution in [1.82, 2.24) is 5.32 Å². The van der Waals surface area contributed by atoms with Gasteiger partial charge in [-0.05, 0) is 23.8 Å². The smallest absolute Gasteiger partial charge is 0.253 e. The lowest BCUT2D eigenvalue weighted by molar-refractivity contribution is -0.378. The Kier molecular flexibility index (Phi) is 4.18. The minimum absolute atomic E-state index is 0.240.